The number of halogens is 2. The van der Waals surface area contributed by atoms with E-state index < -0.39 is 0 Å². The lowest BCUT2D eigenvalue weighted by Gasteiger charge is -2.08. The molecule has 0 aliphatic carbocycles. The average Bonchev–Trinajstić information content (AvgIpc) is 3.16. The minimum absolute atomic E-state index is 0.152. The molecule has 130 valence electrons. The zero-order chi connectivity index (χ0) is 18.0. The fraction of sp³-hybridized carbons (Fsp3) is 0.188. The number of hydrogen-bond acceptors (Lipinski definition) is 5. The standard InChI is InChI=1S/C16H14BrClN4O3/c1-9-15(10(2)25-21-9)19-16(23)13-5-6-22(20-13)8-24-14-4-3-11(18)7-12(14)17/h3-7H,8H2,1-2H3,(H,19,23). The van der Waals surface area contributed by atoms with Gasteiger partial charge in [0.1, 0.15) is 17.1 Å². The molecule has 3 aromatic rings. The van der Waals surface area contributed by atoms with E-state index in [0.29, 0.717) is 27.9 Å². The molecule has 9 heteroatoms. The Morgan fingerprint density at radius 3 is 2.88 bits per heavy atom. The molecule has 25 heavy (non-hydrogen) atoms. The van der Waals surface area contributed by atoms with Crippen molar-refractivity contribution in [1.82, 2.24) is 14.9 Å². The van der Waals surface area contributed by atoms with Gasteiger partial charge in [-0.05, 0) is 54.0 Å². The molecule has 0 unspecified atom stereocenters. The van der Waals surface area contributed by atoms with Crippen molar-refractivity contribution in [3.63, 3.8) is 0 Å². The SMILES string of the molecule is Cc1noc(C)c1NC(=O)c1ccn(COc2ccc(Cl)cc2Br)n1. The van der Waals surface area contributed by atoms with Crippen LogP contribution in [0.2, 0.25) is 5.02 Å². The molecular weight excluding hydrogens is 412 g/mol. The maximum atomic E-state index is 12.3. The van der Waals surface area contributed by atoms with Gasteiger partial charge in [0.2, 0.25) is 0 Å². The van der Waals surface area contributed by atoms with Gasteiger partial charge in [-0.3, -0.25) is 4.79 Å². The summed E-state index contributed by atoms with van der Waals surface area (Å²) < 4.78 is 12.9. The predicted molar refractivity (Wildman–Crippen MR) is 95.9 cm³/mol. The van der Waals surface area contributed by atoms with Crippen LogP contribution in [0.5, 0.6) is 5.75 Å². The second kappa shape index (κ2) is 7.28. The van der Waals surface area contributed by atoms with Gasteiger partial charge in [-0.2, -0.15) is 5.10 Å². The van der Waals surface area contributed by atoms with Gasteiger partial charge in [-0.1, -0.05) is 16.8 Å². The van der Waals surface area contributed by atoms with E-state index in [0.717, 1.165) is 4.47 Å². The summed E-state index contributed by atoms with van der Waals surface area (Å²) in [6, 6.07) is 6.82. The van der Waals surface area contributed by atoms with Crippen LogP contribution in [0.3, 0.4) is 0 Å². The zero-order valence-corrected chi connectivity index (χ0v) is 15.8. The Hall–Kier alpha value is -2.32. The summed E-state index contributed by atoms with van der Waals surface area (Å²) in [6.45, 7) is 3.63. The van der Waals surface area contributed by atoms with E-state index in [-0.39, 0.29) is 18.3 Å². The number of benzene rings is 1. The molecule has 0 saturated carbocycles. The molecule has 2 aromatic heterocycles. The van der Waals surface area contributed by atoms with E-state index in [1.54, 1.807) is 44.3 Å². The molecule has 0 saturated heterocycles. The van der Waals surface area contributed by atoms with E-state index in [9.17, 15) is 4.79 Å². The lowest BCUT2D eigenvalue weighted by Crippen LogP contribution is -2.15. The van der Waals surface area contributed by atoms with Crippen LogP contribution in [0.4, 0.5) is 5.69 Å². The van der Waals surface area contributed by atoms with Crippen LogP contribution in [-0.2, 0) is 6.73 Å². The largest absolute Gasteiger partial charge is 0.470 e. The van der Waals surface area contributed by atoms with Gasteiger partial charge in [0.05, 0.1) is 4.47 Å². The number of hydrogen-bond donors (Lipinski definition) is 1. The third-order valence-electron chi connectivity index (χ3n) is 3.39. The lowest BCUT2D eigenvalue weighted by molar-refractivity contribution is 0.102. The molecule has 7 nitrogen and oxygen atoms in total. The number of rotatable bonds is 5. The minimum atomic E-state index is -0.346. The van der Waals surface area contributed by atoms with E-state index in [1.807, 2.05) is 0 Å². The van der Waals surface area contributed by atoms with Crippen molar-refractivity contribution in [1.29, 1.82) is 0 Å². The van der Waals surface area contributed by atoms with Crippen LogP contribution in [0.15, 0.2) is 39.5 Å². The van der Waals surface area contributed by atoms with Crippen LogP contribution < -0.4 is 10.1 Å². The van der Waals surface area contributed by atoms with Crippen LogP contribution in [-0.4, -0.2) is 20.8 Å². The van der Waals surface area contributed by atoms with Crippen molar-refractivity contribution in [2.45, 2.75) is 20.6 Å². The smallest absolute Gasteiger partial charge is 0.276 e. The Labute approximate surface area is 157 Å². The van der Waals surface area contributed by atoms with Crippen molar-refractivity contribution in [3.05, 3.63) is 57.1 Å². The average molecular weight is 426 g/mol. The predicted octanol–water partition coefficient (Wildman–Crippen LogP) is 4.19. The van der Waals surface area contributed by atoms with E-state index in [4.69, 9.17) is 20.9 Å². The third-order valence-corrected chi connectivity index (χ3v) is 4.25. The quantitative estimate of drug-likeness (QED) is 0.663. The number of carbonyl (C=O) groups excluding carboxylic acids is 1. The van der Waals surface area contributed by atoms with Crippen molar-refractivity contribution in [2.24, 2.45) is 0 Å². The molecule has 1 amide bonds. The molecule has 0 bridgehead atoms. The number of ether oxygens (including phenoxy) is 1. The highest BCUT2D eigenvalue weighted by Crippen LogP contribution is 2.28. The Kier molecular flexibility index (Phi) is 5.10. The Morgan fingerprint density at radius 2 is 2.20 bits per heavy atom. The molecule has 0 atom stereocenters. The van der Waals surface area contributed by atoms with Crippen LogP contribution in [0, 0.1) is 13.8 Å². The molecule has 0 aliphatic heterocycles. The Balaban J connectivity index is 1.65. The van der Waals surface area contributed by atoms with Crippen LogP contribution in [0.25, 0.3) is 0 Å². The first-order chi connectivity index (χ1) is 11.9. The highest BCUT2D eigenvalue weighted by Gasteiger charge is 2.16. The van der Waals surface area contributed by atoms with Crippen molar-refractivity contribution >= 4 is 39.1 Å². The fourth-order valence-electron chi connectivity index (χ4n) is 2.12. The van der Waals surface area contributed by atoms with Gasteiger partial charge in [-0.25, -0.2) is 4.68 Å². The normalized spacial score (nSPS) is 10.7. The Bertz CT molecular complexity index is 902. The zero-order valence-electron chi connectivity index (χ0n) is 13.4. The number of nitrogens with zero attached hydrogens (tertiary/aromatic N) is 3. The highest BCUT2D eigenvalue weighted by atomic mass is 79.9. The maximum absolute atomic E-state index is 12.3. The molecule has 2 heterocycles. The molecule has 1 N–H and O–H groups in total. The first-order valence-electron chi connectivity index (χ1n) is 7.29. The summed E-state index contributed by atoms with van der Waals surface area (Å²) in [4.78, 5) is 12.3. The van der Waals surface area contributed by atoms with Gasteiger partial charge in [0, 0.05) is 11.2 Å². The summed E-state index contributed by atoms with van der Waals surface area (Å²) in [5.74, 6) is 0.823. The number of amides is 1. The highest BCUT2D eigenvalue weighted by molar-refractivity contribution is 9.10. The summed E-state index contributed by atoms with van der Waals surface area (Å²) in [7, 11) is 0. The number of nitrogens with one attached hydrogen (secondary N) is 1. The number of aryl methyl sites for hydroxylation is 2. The second-order valence-electron chi connectivity index (χ2n) is 5.24. The molecule has 0 radical (unpaired) electrons. The number of aromatic nitrogens is 3. The summed E-state index contributed by atoms with van der Waals surface area (Å²) in [5, 5.41) is 11.3. The van der Waals surface area contributed by atoms with Gasteiger partial charge in [-0.15, -0.1) is 0 Å². The number of carbonyl (C=O) groups is 1. The first-order valence-corrected chi connectivity index (χ1v) is 8.46. The van der Waals surface area contributed by atoms with Crippen molar-refractivity contribution in [2.75, 3.05) is 5.32 Å². The summed E-state index contributed by atoms with van der Waals surface area (Å²) in [6.07, 6.45) is 1.66. The Morgan fingerprint density at radius 1 is 1.40 bits per heavy atom. The van der Waals surface area contributed by atoms with E-state index in [1.165, 1.54) is 4.68 Å². The van der Waals surface area contributed by atoms with Crippen LogP contribution >= 0.6 is 27.5 Å². The molecule has 1 aromatic carbocycles. The van der Waals surface area contributed by atoms with Crippen molar-refractivity contribution in [3.8, 4) is 5.75 Å². The fourth-order valence-corrected chi connectivity index (χ4v) is 2.92. The topological polar surface area (TPSA) is 82.2 Å². The molecule has 0 aliphatic rings. The van der Waals surface area contributed by atoms with Crippen molar-refractivity contribution < 1.29 is 14.1 Å². The first kappa shape index (κ1) is 17.5. The van der Waals surface area contributed by atoms with E-state index in [2.05, 4.69) is 31.5 Å². The summed E-state index contributed by atoms with van der Waals surface area (Å²) in [5.41, 5.74) is 1.43. The minimum Gasteiger partial charge on any atom is -0.470 e. The summed E-state index contributed by atoms with van der Waals surface area (Å²) >= 11 is 9.27. The monoisotopic (exact) mass is 424 g/mol. The molecule has 0 spiro atoms. The van der Waals surface area contributed by atoms with Gasteiger partial charge >= 0.3 is 0 Å². The molecule has 0 fully saturated rings. The molecular formula is C16H14BrClN4O3. The van der Waals surface area contributed by atoms with Gasteiger partial charge < -0.3 is 14.6 Å². The molecule has 3 rings (SSSR count). The lowest BCUT2D eigenvalue weighted by atomic mass is 10.3. The van der Waals surface area contributed by atoms with Crippen LogP contribution in [0.1, 0.15) is 21.9 Å². The third kappa shape index (κ3) is 4.02. The van der Waals surface area contributed by atoms with Gasteiger partial charge in [0.25, 0.3) is 5.91 Å². The van der Waals surface area contributed by atoms with Gasteiger partial charge in [0.15, 0.2) is 18.2 Å². The van der Waals surface area contributed by atoms with E-state index >= 15 is 0 Å². The number of anilines is 1. The second-order valence-corrected chi connectivity index (χ2v) is 6.53. The maximum Gasteiger partial charge on any atom is 0.276 e.